The number of hydrogen-bond acceptors (Lipinski definition) is 3. The van der Waals surface area contributed by atoms with Crippen molar-refractivity contribution in [3.05, 3.63) is 70.7 Å². The highest BCUT2D eigenvalue weighted by atomic mass is 35.5. The fourth-order valence-electron chi connectivity index (χ4n) is 2.32. The summed E-state index contributed by atoms with van der Waals surface area (Å²) in [5.74, 6) is -2.65. The van der Waals surface area contributed by atoms with Crippen molar-refractivity contribution in [3.63, 3.8) is 0 Å². The molecule has 0 aliphatic carbocycles. The molecule has 1 atom stereocenters. The molecule has 0 aliphatic rings. The lowest BCUT2D eigenvalue weighted by atomic mass is 10.0. The molecule has 0 fully saturated rings. The molecule has 0 saturated heterocycles. The zero-order chi connectivity index (χ0) is 16.9. The van der Waals surface area contributed by atoms with E-state index in [1.54, 1.807) is 48.5 Å². The summed E-state index contributed by atoms with van der Waals surface area (Å²) in [7, 11) is -3.54. The van der Waals surface area contributed by atoms with Gasteiger partial charge in [-0.25, -0.2) is 8.42 Å². The van der Waals surface area contributed by atoms with Gasteiger partial charge in [0.1, 0.15) is 0 Å². The van der Waals surface area contributed by atoms with Crippen LogP contribution in [0, 0.1) is 5.92 Å². The Labute approximate surface area is 140 Å². The van der Waals surface area contributed by atoms with E-state index in [-0.39, 0.29) is 17.9 Å². The third-order valence-corrected chi connectivity index (χ3v) is 5.36. The van der Waals surface area contributed by atoms with Crippen LogP contribution in [0.1, 0.15) is 11.1 Å². The van der Waals surface area contributed by atoms with E-state index in [2.05, 4.69) is 0 Å². The summed E-state index contributed by atoms with van der Waals surface area (Å²) in [4.78, 5) is 11.4. The maximum atomic E-state index is 12.3. The lowest BCUT2D eigenvalue weighted by molar-refractivity contribution is -0.140. The maximum Gasteiger partial charge on any atom is 0.307 e. The van der Waals surface area contributed by atoms with Gasteiger partial charge in [-0.1, -0.05) is 54.1 Å². The van der Waals surface area contributed by atoms with Crippen LogP contribution in [0.15, 0.2) is 54.6 Å². The maximum absolute atomic E-state index is 12.3. The van der Waals surface area contributed by atoms with E-state index in [9.17, 15) is 18.3 Å². The van der Waals surface area contributed by atoms with Crippen LogP contribution in [0.25, 0.3) is 0 Å². The van der Waals surface area contributed by atoms with Crippen LogP contribution < -0.4 is 0 Å². The molecule has 0 spiro atoms. The molecule has 0 heterocycles. The quantitative estimate of drug-likeness (QED) is 0.830. The second kappa shape index (κ2) is 7.62. The number of benzene rings is 2. The minimum Gasteiger partial charge on any atom is -0.481 e. The molecule has 0 amide bonds. The van der Waals surface area contributed by atoms with Gasteiger partial charge in [0.05, 0.1) is 17.4 Å². The van der Waals surface area contributed by atoms with Gasteiger partial charge >= 0.3 is 5.97 Å². The number of sulfone groups is 1. The van der Waals surface area contributed by atoms with E-state index in [0.717, 1.165) is 5.56 Å². The molecule has 4 nitrogen and oxygen atoms in total. The largest absolute Gasteiger partial charge is 0.481 e. The number of carboxylic acids is 1. The first-order valence-corrected chi connectivity index (χ1v) is 9.27. The highest BCUT2D eigenvalue weighted by Gasteiger charge is 2.25. The van der Waals surface area contributed by atoms with Gasteiger partial charge < -0.3 is 5.11 Å². The fraction of sp³-hybridized carbons (Fsp3) is 0.235. The molecule has 2 aromatic carbocycles. The van der Waals surface area contributed by atoms with Crippen molar-refractivity contribution >= 4 is 27.4 Å². The van der Waals surface area contributed by atoms with Gasteiger partial charge in [0.2, 0.25) is 0 Å². The standard InChI is InChI=1S/C17H17ClO4S/c18-16-8-6-14(7-9-16)11-23(21,22)12-15(17(19)20)10-13-4-2-1-3-5-13/h1-9,15H,10-12H2,(H,19,20). The zero-order valence-corrected chi connectivity index (χ0v) is 13.9. The van der Waals surface area contributed by atoms with E-state index >= 15 is 0 Å². The molecule has 0 aliphatic heterocycles. The fourth-order valence-corrected chi connectivity index (χ4v) is 4.13. The molecule has 2 aromatic rings. The predicted octanol–water partition coefficient (Wildman–Crippen LogP) is 3.20. The van der Waals surface area contributed by atoms with Crippen molar-refractivity contribution in [1.82, 2.24) is 0 Å². The Morgan fingerprint density at radius 3 is 2.17 bits per heavy atom. The SMILES string of the molecule is O=C(O)C(Cc1ccccc1)CS(=O)(=O)Cc1ccc(Cl)cc1. The number of hydrogen-bond donors (Lipinski definition) is 1. The van der Waals surface area contributed by atoms with E-state index < -0.39 is 21.7 Å². The summed E-state index contributed by atoms with van der Waals surface area (Å²) in [6, 6.07) is 15.5. The van der Waals surface area contributed by atoms with Gasteiger partial charge in [-0.3, -0.25) is 4.79 Å². The molecule has 122 valence electrons. The van der Waals surface area contributed by atoms with Crippen molar-refractivity contribution in [2.24, 2.45) is 5.92 Å². The Kier molecular flexibility index (Phi) is 5.80. The first-order chi connectivity index (χ1) is 10.9. The molecule has 0 radical (unpaired) electrons. The second-order valence-corrected chi connectivity index (χ2v) is 7.95. The monoisotopic (exact) mass is 352 g/mol. The molecular weight excluding hydrogens is 336 g/mol. The van der Waals surface area contributed by atoms with Crippen LogP contribution in [-0.2, 0) is 26.8 Å². The van der Waals surface area contributed by atoms with Gasteiger partial charge in [-0.05, 0) is 29.7 Å². The number of rotatable bonds is 7. The smallest absolute Gasteiger partial charge is 0.307 e. The molecular formula is C17H17ClO4S. The van der Waals surface area contributed by atoms with Crippen LogP contribution in [0.4, 0.5) is 0 Å². The normalized spacial score (nSPS) is 12.7. The lowest BCUT2D eigenvalue weighted by Crippen LogP contribution is -2.26. The van der Waals surface area contributed by atoms with Gasteiger partial charge in [-0.2, -0.15) is 0 Å². The van der Waals surface area contributed by atoms with Crippen LogP contribution in [0.3, 0.4) is 0 Å². The Bertz CT molecular complexity index is 755. The second-order valence-electron chi connectivity index (χ2n) is 5.41. The van der Waals surface area contributed by atoms with Gasteiger partial charge in [0.25, 0.3) is 0 Å². The summed E-state index contributed by atoms with van der Waals surface area (Å²) in [5.41, 5.74) is 1.40. The molecule has 6 heteroatoms. The molecule has 23 heavy (non-hydrogen) atoms. The van der Waals surface area contributed by atoms with Crippen LogP contribution >= 0.6 is 11.6 Å². The summed E-state index contributed by atoms with van der Waals surface area (Å²) in [6.45, 7) is 0. The minimum atomic E-state index is -3.54. The molecule has 0 bridgehead atoms. The Morgan fingerprint density at radius 2 is 1.61 bits per heavy atom. The number of aliphatic carboxylic acids is 1. The number of carbonyl (C=O) groups is 1. The summed E-state index contributed by atoms with van der Waals surface area (Å²) in [5, 5.41) is 9.85. The average Bonchev–Trinajstić information content (AvgIpc) is 2.49. The first-order valence-electron chi connectivity index (χ1n) is 7.07. The first kappa shape index (κ1) is 17.5. The Hall–Kier alpha value is -1.85. The number of halogens is 1. The summed E-state index contributed by atoms with van der Waals surface area (Å²) < 4.78 is 24.6. The average molecular weight is 353 g/mol. The Morgan fingerprint density at radius 1 is 1.00 bits per heavy atom. The molecule has 1 unspecified atom stereocenters. The molecule has 0 aromatic heterocycles. The van der Waals surface area contributed by atoms with Crippen molar-refractivity contribution in [2.75, 3.05) is 5.75 Å². The zero-order valence-electron chi connectivity index (χ0n) is 12.4. The van der Waals surface area contributed by atoms with Crippen molar-refractivity contribution < 1.29 is 18.3 Å². The van der Waals surface area contributed by atoms with Crippen molar-refractivity contribution in [3.8, 4) is 0 Å². The van der Waals surface area contributed by atoms with Crippen LogP contribution in [0.2, 0.25) is 5.02 Å². The predicted molar refractivity (Wildman–Crippen MR) is 90.2 cm³/mol. The topological polar surface area (TPSA) is 71.4 Å². The van der Waals surface area contributed by atoms with Crippen LogP contribution in [-0.4, -0.2) is 25.2 Å². The van der Waals surface area contributed by atoms with E-state index in [0.29, 0.717) is 10.6 Å². The van der Waals surface area contributed by atoms with E-state index in [1.807, 2.05) is 6.07 Å². The van der Waals surface area contributed by atoms with Gasteiger partial charge in [-0.15, -0.1) is 0 Å². The summed E-state index contributed by atoms with van der Waals surface area (Å²) in [6.07, 6.45) is 0.190. The van der Waals surface area contributed by atoms with Crippen molar-refractivity contribution in [2.45, 2.75) is 12.2 Å². The van der Waals surface area contributed by atoms with Gasteiger partial charge in [0, 0.05) is 5.02 Å². The van der Waals surface area contributed by atoms with E-state index in [4.69, 9.17) is 11.6 Å². The highest BCUT2D eigenvalue weighted by molar-refractivity contribution is 7.90. The minimum absolute atomic E-state index is 0.190. The molecule has 1 N–H and O–H groups in total. The molecule has 2 rings (SSSR count). The van der Waals surface area contributed by atoms with Gasteiger partial charge in [0.15, 0.2) is 9.84 Å². The third-order valence-electron chi connectivity index (χ3n) is 3.43. The Balaban J connectivity index is 2.08. The lowest BCUT2D eigenvalue weighted by Gasteiger charge is -2.13. The van der Waals surface area contributed by atoms with Crippen molar-refractivity contribution in [1.29, 1.82) is 0 Å². The third kappa shape index (κ3) is 5.69. The summed E-state index contributed by atoms with van der Waals surface area (Å²) >= 11 is 5.77. The highest BCUT2D eigenvalue weighted by Crippen LogP contribution is 2.16. The molecule has 0 saturated carbocycles. The number of carboxylic acid groups (broad SMARTS) is 1. The van der Waals surface area contributed by atoms with Crippen LogP contribution in [0.5, 0.6) is 0 Å². The van der Waals surface area contributed by atoms with E-state index in [1.165, 1.54) is 0 Å².